The van der Waals surface area contributed by atoms with Crippen LogP contribution in [0.2, 0.25) is 0 Å². The van der Waals surface area contributed by atoms with Crippen molar-refractivity contribution in [2.24, 2.45) is 5.92 Å². The minimum absolute atomic E-state index is 0.0563. The van der Waals surface area contributed by atoms with E-state index in [-0.39, 0.29) is 6.61 Å². The van der Waals surface area contributed by atoms with Crippen LogP contribution in [0.1, 0.15) is 25.5 Å². The van der Waals surface area contributed by atoms with E-state index in [1.807, 2.05) is 5.38 Å². The summed E-state index contributed by atoms with van der Waals surface area (Å²) in [6.45, 7) is 4.58. The topological polar surface area (TPSA) is 36.4 Å². The van der Waals surface area contributed by atoms with Gasteiger partial charge in [0.25, 0.3) is 0 Å². The first kappa shape index (κ1) is 9.93. The second kappa shape index (κ2) is 4.28. The minimum atomic E-state index is 0.0563. The quantitative estimate of drug-likeness (QED) is 0.813. The van der Waals surface area contributed by atoms with Crippen LogP contribution >= 0.6 is 11.3 Å². The van der Waals surface area contributed by atoms with Crippen LogP contribution in [0.5, 0.6) is 0 Å². The van der Waals surface area contributed by atoms with Gasteiger partial charge in [-0.2, -0.15) is 0 Å². The second-order valence-corrected chi connectivity index (χ2v) is 4.79. The number of rotatable bonds is 2. The van der Waals surface area contributed by atoms with Crippen molar-refractivity contribution in [1.82, 2.24) is 4.98 Å². The van der Waals surface area contributed by atoms with Gasteiger partial charge in [0, 0.05) is 18.5 Å². The molecule has 0 aliphatic carbocycles. The molecule has 0 bridgehead atoms. The number of aliphatic hydroxyl groups is 1. The van der Waals surface area contributed by atoms with Crippen LogP contribution in [-0.4, -0.2) is 23.2 Å². The van der Waals surface area contributed by atoms with Gasteiger partial charge in [-0.25, -0.2) is 4.98 Å². The molecule has 0 radical (unpaired) electrons. The van der Waals surface area contributed by atoms with E-state index in [1.54, 1.807) is 11.3 Å². The van der Waals surface area contributed by atoms with Gasteiger partial charge in [0.1, 0.15) is 0 Å². The summed E-state index contributed by atoms with van der Waals surface area (Å²) in [6, 6.07) is 0. The molecule has 0 aromatic carbocycles. The van der Waals surface area contributed by atoms with Gasteiger partial charge >= 0.3 is 0 Å². The molecule has 1 N–H and O–H groups in total. The Labute approximate surface area is 88.4 Å². The Kier molecular flexibility index (Phi) is 3.03. The standard InChI is InChI=1S/C10H16N2OS/c1-8-2-4-12(5-3-8)10-11-9(6-13)7-14-10/h7-8,13H,2-6H2,1H3. The lowest BCUT2D eigenvalue weighted by molar-refractivity contribution is 0.277. The Morgan fingerprint density at radius 3 is 2.86 bits per heavy atom. The van der Waals surface area contributed by atoms with E-state index in [2.05, 4.69) is 16.8 Å². The van der Waals surface area contributed by atoms with E-state index < -0.39 is 0 Å². The van der Waals surface area contributed by atoms with Gasteiger partial charge < -0.3 is 10.0 Å². The Balaban J connectivity index is 2.01. The van der Waals surface area contributed by atoms with Crippen LogP contribution in [0.4, 0.5) is 5.13 Å². The molecule has 1 aliphatic heterocycles. The van der Waals surface area contributed by atoms with Crippen LogP contribution < -0.4 is 4.90 Å². The Hall–Kier alpha value is -0.610. The lowest BCUT2D eigenvalue weighted by Crippen LogP contribution is -2.32. The Bertz CT molecular complexity index is 292. The fraction of sp³-hybridized carbons (Fsp3) is 0.700. The largest absolute Gasteiger partial charge is 0.390 e. The molecule has 0 unspecified atom stereocenters. The first-order valence-electron chi connectivity index (χ1n) is 5.10. The maximum Gasteiger partial charge on any atom is 0.185 e. The number of nitrogens with zero attached hydrogens (tertiary/aromatic N) is 2. The van der Waals surface area contributed by atoms with Crippen LogP contribution in [0, 0.1) is 5.92 Å². The van der Waals surface area contributed by atoms with Crippen molar-refractivity contribution in [2.45, 2.75) is 26.4 Å². The van der Waals surface area contributed by atoms with E-state index in [0.29, 0.717) is 0 Å². The molecule has 1 fully saturated rings. The molecule has 0 spiro atoms. The first-order chi connectivity index (χ1) is 6.79. The average Bonchev–Trinajstić information content (AvgIpc) is 2.67. The lowest BCUT2D eigenvalue weighted by Gasteiger charge is -2.29. The van der Waals surface area contributed by atoms with Gasteiger partial charge in [-0.1, -0.05) is 6.92 Å². The van der Waals surface area contributed by atoms with E-state index in [9.17, 15) is 0 Å². The van der Waals surface area contributed by atoms with E-state index in [0.717, 1.165) is 29.8 Å². The molecule has 3 nitrogen and oxygen atoms in total. The number of hydrogen-bond donors (Lipinski definition) is 1. The number of aliphatic hydroxyl groups excluding tert-OH is 1. The molecule has 1 saturated heterocycles. The van der Waals surface area contributed by atoms with Gasteiger partial charge in [0.15, 0.2) is 5.13 Å². The van der Waals surface area contributed by atoms with Crippen LogP contribution in [0.15, 0.2) is 5.38 Å². The van der Waals surface area contributed by atoms with Gasteiger partial charge in [0.2, 0.25) is 0 Å². The summed E-state index contributed by atoms with van der Waals surface area (Å²) in [5.74, 6) is 0.850. The van der Waals surface area contributed by atoms with Crippen LogP contribution in [0.25, 0.3) is 0 Å². The predicted molar refractivity (Wildman–Crippen MR) is 58.6 cm³/mol. The lowest BCUT2D eigenvalue weighted by atomic mass is 10.00. The summed E-state index contributed by atoms with van der Waals surface area (Å²) >= 11 is 1.64. The number of anilines is 1. The second-order valence-electron chi connectivity index (χ2n) is 3.95. The third-order valence-corrected chi connectivity index (χ3v) is 3.71. The molecule has 0 atom stereocenters. The number of aromatic nitrogens is 1. The average molecular weight is 212 g/mol. The zero-order valence-corrected chi connectivity index (χ0v) is 9.26. The predicted octanol–water partition coefficient (Wildman–Crippen LogP) is 1.87. The number of piperidine rings is 1. The smallest absolute Gasteiger partial charge is 0.185 e. The molecule has 1 aromatic heterocycles. The molecule has 0 amide bonds. The molecular formula is C10H16N2OS. The molecule has 1 aromatic rings. The maximum absolute atomic E-state index is 8.92. The summed E-state index contributed by atoms with van der Waals surface area (Å²) in [7, 11) is 0. The summed E-state index contributed by atoms with van der Waals surface area (Å²) in [5.41, 5.74) is 0.795. The molecular weight excluding hydrogens is 196 g/mol. The molecule has 2 rings (SSSR count). The number of thiazole rings is 1. The molecule has 4 heteroatoms. The molecule has 1 aliphatic rings. The fourth-order valence-electron chi connectivity index (χ4n) is 1.71. The highest BCUT2D eigenvalue weighted by Crippen LogP contribution is 2.25. The van der Waals surface area contributed by atoms with E-state index in [1.165, 1.54) is 12.8 Å². The minimum Gasteiger partial charge on any atom is -0.390 e. The monoisotopic (exact) mass is 212 g/mol. The van der Waals surface area contributed by atoms with E-state index in [4.69, 9.17) is 5.11 Å². The molecule has 0 saturated carbocycles. The van der Waals surface area contributed by atoms with Crippen molar-refractivity contribution in [3.63, 3.8) is 0 Å². The highest BCUT2D eigenvalue weighted by molar-refractivity contribution is 7.13. The van der Waals surface area contributed by atoms with Gasteiger partial charge in [-0.3, -0.25) is 0 Å². The van der Waals surface area contributed by atoms with Gasteiger partial charge in [-0.05, 0) is 18.8 Å². The van der Waals surface area contributed by atoms with Crippen molar-refractivity contribution in [3.8, 4) is 0 Å². The van der Waals surface area contributed by atoms with Crippen molar-refractivity contribution < 1.29 is 5.11 Å². The third-order valence-electron chi connectivity index (χ3n) is 2.76. The van der Waals surface area contributed by atoms with Crippen LogP contribution in [0.3, 0.4) is 0 Å². The number of hydrogen-bond acceptors (Lipinski definition) is 4. The van der Waals surface area contributed by atoms with Crippen molar-refractivity contribution >= 4 is 16.5 Å². The molecule has 14 heavy (non-hydrogen) atoms. The normalized spacial score (nSPS) is 18.9. The van der Waals surface area contributed by atoms with Crippen molar-refractivity contribution in [3.05, 3.63) is 11.1 Å². The maximum atomic E-state index is 8.92. The highest BCUT2D eigenvalue weighted by atomic mass is 32.1. The van der Waals surface area contributed by atoms with E-state index >= 15 is 0 Å². The molecule has 78 valence electrons. The zero-order chi connectivity index (χ0) is 9.97. The molecule has 2 heterocycles. The van der Waals surface area contributed by atoms with Gasteiger partial charge in [-0.15, -0.1) is 11.3 Å². The Morgan fingerprint density at radius 2 is 2.29 bits per heavy atom. The van der Waals surface area contributed by atoms with Gasteiger partial charge in [0.05, 0.1) is 12.3 Å². The first-order valence-corrected chi connectivity index (χ1v) is 5.98. The summed E-state index contributed by atoms with van der Waals surface area (Å²) in [6.07, 6.45) is 2.52. The highest BCUT2D eigenvalue weighted by Gasteiger charge is 2.17. The summed E-state index contributed by atoms with van der Waals surface area (Å²) in [5, 5.41) is 11.9. The van der Waals surface area contributed by atoms with Crippen molar-refractivity contribution in [1.29, 1.82) is 0 Å². The third kappa shape index (κ3) is 2.07. The zero-order valence-electron chi connectivity index (χ0n) is 8.44. The summed E-state index contributed by atoms with van der Waals surface area (Å²) < 4.78 is 0. The fourth-order valence-corrected chi connectivity index (χ4v) is 2.58. The Morgan fingerprint density at radius 1 is 1.57 bits per heavy atom. The van der Waals surface area contributed by atoms with Crippen LogP contribution in [-0.2, 0) is 6.61 Å². The SMILES string of the molecule is CC1CCN(c2nc(CO)cs2)CC1. The van der Waals surface area contributed by atoms with Crippen molar-refractivity contribution in [2.75, 3.05) is 18.0 Å². The summed E-state index contributed by atoms with van der Waals surface area (Å²) in [4.78, 5) is 6.70.